The van der Waals surface area contributed by atoms with Gasteiger partial charge in [-0.25, -0.2) is 9.07 Å². The van der Waals surface area contributed by atoms with Gasteiger partial charge in [0.1, 0.15) is 11.5 Å². The predicted molar refractivity (Wildman–Crippen MR) is 114 cm³/mol. The molecule has 1 aliphatic heterocycles. The molecule has 0 aliphatic carbocycles. The molecule has 5 rings (SSSR count). The van der Waals surface area contributed by atoms with E-state index in [0.29, 0.717) is 11.3 Å². The van der Waals surface area contributed by atoms with Crippen molar-refractivity contribution in [3.8, 4) is 22.7 Å². The summed E-state index contributed by atoms with van der Waals surface area (Å²) in [7, 11) is 0. The molecule has 170 valence electrons. The Morgan fingerprint density at radius 1 is 0.909 bits per heavy atom. The van der Waals surface area contributed by atoms with E-state index in [1.54, 1.807) is 10.9 Å². The Kier molecular flexibility index (Phi) is 5.91. The van der Waals surface area contributed by atoms with Crippen LogP contribution in [0.25, 0.3) is 22.7 Å². The summed E-state index contributed by atoms with van der Waals surface area (Å²) >= 11 is 0. The lowest BCUT2D eigenvalue weighted by Gasteiger charge is -2.14. The van der Waals surface area contributed by atoms with Gasteiger partial charge in [0.15, 0.2) is 0 Å². The SMILES string of the molecule is Fc1cc(-c2nnc(C(F)F)o2)ccc1Cn1cc(-c2ccc(CN3CCCC3)cc2)nn1. The third kappa shape index (κ3) is 4.80. The van der Waals surface area contributed by atoms with Crippen molar-refractivity contribution in [2.75, 3.05) is 13.1 Å². The van der Waals surface area contributed by atoms with Crippen LogP contribution in [-0.2, 0) is 13.1 Å². The van der Waals surface area contributed by atoms with E-state index in [1.807, 2.05) is 12.1 Å². The van der Waals surface area contributed by atoms with E-state index in [9.17, 15) is 13.2 Å². The summed E-state index contributed by atoms with van der Waals surface area (Å²) in [6, 6.07) is 12.5. The van der Waals surface area contributed by atoms with Gasteiger partial charge in [0.05, 0.1) is 12.7 Å². The molecular weight excluding hydrogens is 433 g/mol. The summed E-state index contributed by atoms with van der Waals surface area (Å²) in [6.45, 7) is 3.42. The minimum Gasteiger partial charge on any atom is -0.415 e. The van der Waals surface area contributed by atoms with E-state index in [1.165, 1.54) is 36.6 Å². The van der Waals surface area contributed by atoms with E-state index in [-0.39, 0.29) is 18.0 Å². The molecule has 4 aromatic rings. The zero-order chi connectivity index (χ0) is 22.8. The van der Waals surface area contributed by atoms with Crippen molar-refractivity contribution in [3.05, 3.63) is 71.5 Å². The number of halogens is 3. The maximum Gasteiger partial charge on any atom is 0.314 e. The van der Waals surface area contributed by atoms with Crippen LogP contribution in [0.3, 0.4) is 0 Å². The molecule has 1 fully saturated rings. The van der Waals surface area contributed by atoms with Crippen molar-refractivity contribution >= 4 is 0 Å². The molecule has 0 unspecified atom stereocenters. The van der Waals surface area contributed by atoms with Gasteiger partial charge in [0.2, 0.25) is 5.89 Å². The highest BCUT2D eigenvalue weighted by Crippen LogP contribution is 2.25. The molecule has 0 N–H and O–H groups in total. The van der Waals surface area contributed by atoms with Crippen LogP contribution in [-0.4, -0.2) is 43.2 Å². The molecule has 2 aromatic carbocycles. The van der Waals surface area contributed by atoms with Gasteiger partial charge in [0.25, 0.3) is 5.89 Å². The average molecular weight is 454 g/mol. The number of hydrogen-bond acceptors (Lipinski definition) is 6. The second-order valence-corrected chi connectivity index (χ2v) is 8.03. The van der Waals surface area contributed by atoms with E-state index < -0.39 is 18.1 Å². The summed E-state index contributed by atoms with van der Waals surface area (Å²) < 4.78 is 46.3. The van der Waals surface area contributed by atoms with Crippen LogP contribution in [0.15, 0.2) is 53.1 Å². The zero-order valence-electron chi connectivity index (χ0n) is 17.7. The number of likely N-dealkylation sites (tertiary alicyclic amines) is 1. The van der Waals surface area contributed by atoms with Crippen LogP contribution in [0.1, 0.15) is 36.3 Å². The Morgan fingerprint density at radius 2 is 1.67 bits per heavy atom. The van der Waals surface area contributed by atoms with Gasteiger partial charge in [-0.1, -0.05) is 35.5 Å². The van der Waals surface area contributed by atoms with Crippen molar-refractivity contribution in [3.63, 3.8) is 0 Å². The Labute approximate surface area is 187 Å². The van der Waals surface area contributed by atoms with Gasteiger partial charge in [-0.15, -0.1) is 15.3 Å². The van der Waals surface area contributed by atoms with Crippen molar-refractivity contribution in [2.24, 2.45) is 0 Å². The first kappa shape index (κ1) is 21.3. The van der Waals surface area contributed by atoms with Crippen LogP contribution < -0.4 is 0 Å². The van der Waals surface area contributed by atoms with Gasteiger partial charge in [-0.3, -0.25) is 4.90 Å². The third-order valence-electron chi connectivity index (χ3n) is 5.65. The molecule has 0 bridgehead atoms. The van der Waals surface area contributed by atoms with Crippen LogP contribution in [0.2, 0.25) is 0 Å². The largest absolute Gasteiger partial charge is 0.415 e. The number of alkyl halides is 2. The van der Waals surface area contributed by atoms with Crippen molar-refractivity contribution < 1.29 is 17.6 Å². The predicted octanol–water partition coefficient (Wildman–Crippen LogP) is 4.72. The number of hydrogen-bond donors (Lipinski definition) is 0. The second kappa shape index (κ2) is 9.14. The van der Waals surface area contributed by atoms with Crippen LogP contribution in [0, 0.1) is 5.82 Å². The smallest absolute Gasteiger partial charge is 0.314 e. The highest BCUT2D eigenvalue weighted by molar-refractivity contribution is 5.58. The van der Waals surface area contributed by atoms with Crippen molar-refractivity contribution in [1.82, 2.24) is 30.1 Å². The normalized spacial score (nSPS) is 14.4. The molecule has 33 heavy (non-hydrogen) atoms. The second-order valence-electron chi connectivity index (χ2n) is 8.03. The van der Waals surface area contributed by atoms with Gasteiger partial charge < -0.3 is 4.42 Å². The fourth-order valence-electron chi connectivity index (χ4n) is 3.91. The number of aromatic nitrogens is 5. The number of benzene rings is 2. The Morgan fingerprint density at radius 3 is 2.36 bits per heavy atom. The first-order valence-corrected chi connectivity index (χ1v) is 10.7. The maximum atomic E-state index is 14.6. The van der Waals surface area contributed by atoms with E-state index in [2.05, 4.69) is 37.5 Å². The highest BCUT2D eigenvalue weighted by Gasteiger charge is 2.18. The lowest BCUT2D eigenvalue weighted by Crippen LogP contribution is -2.18. The molecule has 2 aromatic heterocycles. The summed E-state index contributed by atoms with van der Waals surface area (Å²) in [6.07, 6.45) is 1.41. The summed E-state index contributed by atoms with van der Waals surface area (Å²) in [4.78, 5) is 2.45. The Bertz CT molecular complexity index is 1230. The van der Waals surface area contributed by atoms with Crippen LogP contribution in [0.5, 0.6) is 0 Å². The molecule has 1 aliphatic rings. The first-order chi connectivity index (χ1) is 16.0. The molecular formula is C23H21F3N6O. The lowest BCUT2D eigenvalue weighted by atomic mass is 10.1. The molecule has 10 heteroatoms. The van der Waals surface area contributed by atoms with Gasteiger partial charge in [-0.2, -0.15) is 8.78 Å². The fraction of sp³-hybridized carbons (Fsp3) is 0.304. The van der Waals surface area contributed by atoms with Crippen molar-refractivity contribution in [1.29, 1.82) is 0 Å². The fourth-order valence-corrected chi connectivity index (χ4v) is 3.91. The lowest BCUT2D eigenvalue weighted by molar-refractivity contribution is 0.116. The van der Waals surface area contributed by atoms with E-state index in [4.69, 9.17) is 4.42 Å². The average Bonchev–Trinajstić information content (AvgIpc) is 3.58. The van der Waals surface area contributed by atoms with Crippen LogP contribution >= 0.6 is 0 Å². The van der Waals surface area contributed by atoms with E-state index >= 15 is 0 Å². The highest BCUT2D eigenvalue weighted by atomic mass is 19.3. The monoisotopic (exact) mass is 454 g/mol. The topological polar surface area (TPSA) is 72.9 Å². The molecule has 7 nitrogen and oxygen atoms in total. The van der Waals surface area contributed by atoms with Crippen molar-refractivity contribution in [2.45, 2.75) is 32.4 Å². The maximum absolute atomic E-state index is 14.6. The molecule has 3 heterocycles. The molecule has 1 saturated heterocycles. The van der Waals surface area contributed by atoms with E-state index in [0.717, 1.165) is 25.2 Å². The Hall–Kier alpha value is -3.53. The molecule has 0 saturated carbocycles. The van der Waals surface area contributed by atoms with Gasteiger partial charge in [-0.05, 0) is 43.6 Å². The molecule has 0 atom stereocenters. The van der Waals surface area contributed by atoms with Crippen LogP contribution in [0.4, 0.5) is 13.2 Å². The minimum absolute atomic E-state index is 0.160. The standard InChI is InChI=1S/C23H21F3N6O/c24-19-11-17(22-28-29-23(33-22)21(25)26)7-8-18(19)13-32-14-20(27-30-32)16-5-3-15(4-6-16)12-31-9-1-2-10-31/h3-8,11,14,21H,1-2,9-10,12-13H2. The zero-order valence-corrected chi connectivity index (χ0v) is 17.7. The number of nitrogens with zero attached hydrogens (tertiary/aromatic N) is 6. The third-order valence-corrected chi connectivity index (χ3v) is 5.65. The molecule has 0 spiro atoms. The summed E-state index contributed by atoms with van der Waals surface area (Å²) in [5.74, 6) is -1.49. The molecule has 0 radical (unpaired) electrons. The number of rotatable bonds is 7. The minimum atomic E-state index is -2.88. The summed E-state index contributed by atoms with van der Waals surface area (Å²) in [5, 5.41) is 15.1. The molecule has 0 amide bonds. The first-order valence-electron chi connectivity index (χ1n) is 10.7. The van der Waals surface area contributed by atoms with Gasteiger partial charge >= 0.3 is 6.43 Å². The summed E-state index contributed by atoms with van der Waals surface area (Å²) in [5.41, 5.74) is 3.49. The quantitative estimate of drug-likeness (QED) is 0.403. The van der Waals surface area contributed by atoms with Gasteiger partial charge in [0, 0.05) is 23.2 Å². The Balaban J connectivity index is 1.26.